The zero-order chi connectivity index (χ0) is 37.1. The molecule has 4 saturated carbocycles. The van der Waals surface area contributed by atoms with Crippen LogP contribution in [-0.2, 0) is 16.2 Å². The van der Waals surface area contributed by atoms with Gasteiger partial charge in [0.25, 0.3) is 0 Å². The molecule has 1 spiro atoms. The molecule has 0 heterocycles. The molecule has 0 N–H and O–H groups in total. The average Bonchev–Trinajstić information content (AvgIpc) is 3.50. The number of anilines is 3. The fraction of sp³-hybridized carbons (Fsp3) is 0.333. The van der Waals surface area contributed by atoms with E-state index in [0.29, 0.717) is 0 Å². The van der Waals surface area contributed by atoms with Crippen molar-refractivity contribution in [2.24, 2.45) is 23.7 Å². The van der Waals surface area contributed by atoms with E-state index in [4.69, 9.17) is 0 Å². The van der Waals surface area contributed by atoms with Gasteiger partial charge in [-0.2, -0.15) is 0 Å². The van der Waals surface area contributed by atoms with Gasteiger partial charge in [-0.05, 0) is 165 Å². The van der Waals surface area contributed by atoms with E-state index in [0.717, 1.165) is 23.7 Å². The lowest BCUT2D eigenvalue weighted by Crippen LogP contribution is -2.55. The Balaban J connectivity index is 1.06. The molecule has 1 heteroatoms. The topological polar surface area (TPSA) is 3.24 Å². The van der Waals surface area contributed by atoms with Crippen LogP contribution in [-0.4, -0.2) is 0 Å². The summed E-state index contributed by atoms with van der Waals surface area (Å²) >= 11 is 0. The van der Waals surface area contributed by atoms with E-state index < -0.39 is 0 Å². The molecule has 0 unspecified atom stereocenters. The lowest BCUT2D eigenvalue weighted by Gasteiger charge is -2.61. The van der Waals surface area contributed by atoms with Gasteiger partial charge in [-0.1, -0.05) is 137 Å². The highest BCUT2D eigenvalue weighted by Gasteiger charge is 2.62. The highest BCUT2D eigenvalue weighted by molar-refractivity contribution is 5.90. The van der Waals surface area contributed by atoms with Gasteiger partial charge >= 0.3 is 0 Å². The van der Waals surface area contributed by atoms with Crippen LogP contribution in [0.4, 0.5) is 17.1 Å². The molecule has 0 atom stereocenters. The first-order valence-electron chi connectivity index (χ1n) is 21.2. The van der Waals surface area contributed by atoms with Crippen molar-refractivity contribution in [3.63, 3.8) is 0 Å². The second-order valence-electron chi connectivity index (χ2n) is 19.2. The zero-order valence-electron chi connectivity index (χ0n) is 33.0. The van der Waals surface area contributed by atoms with Crippen molar-refractivity contribution in [1.29, 1.82) is 0 Å². The van der Waals surface area contributed by atoms with Crippen molar-refractivity contribution in [1.82, 2.24) is 0 Å². The van der Waals surface area contributed by atoms with Gasteiger partial charge in [-0.3, -0.25) is 0 Å². The fourth-order valence-corrected chi connectivity index (χ4v) is 13.0. The minimum absolute atomic E-state index is 0.0657. The Bertz CT molecular complexity index is 2400. The predicted molar refractivity (Wildman–Crippen MR) is 231 cm³/mol. The molecule has 0 saturated heterocycles. The molecular weight excluding hydrogens is 663 g/mol. The Morgan fingerprint density at radius 3 is 1.64 bits per heavy atom. The molecule has 274 valence electrons. The summed E-state index contributed by atoms with van der Waals surface area (Å²) in [5, 5.41) is 0. The van der Waals surface area contributed by atoms with Crippen LogP contribution in [0.3, 0.4) is 0 Å². The van der Waals surface area contributed by atoms with Crippen molar-refractivity contribution in [3.05, 3.63) is 162 Å². The van der Waals surface area contributed by atoms with E-state index in [1.807, 2.05) is 0 Å². The van der Waals surface area contributed by atoms with Crippen LogP contribution in [0.2, 0.25) is 0 Å². The first-order chi connectivity index (χ1) is 26.7. The number of nitrogens with zero attached hydrogens (tertiary/aromatic N) is 1. The lowest BCUT2D eigenvalue weighted by molar-refractivity contribution is -0.0397. The van der Waals surface area contributed by atoms with Crippen LogP contribution in [0.15, 0.2) is 140 Å². The Kier molecular flexibility index (Phi) is 7.34. The maximum atomic E-state index is 2.55. The Labute approximate surface area is 328 Å². The monoisotopic (exact) mass is 715 g/mol. The fourth-order valence-electron chi connectivity index (χ4n) is 13.0. The summed E-state index contributed by atoms with van der Waals surface area (Å²) in [6, 6.07) is 53.5. The highest BCUT2D eigenvalue weighted by Crippen LogP contribution is 2.70. The minimum atomic E-state index is 0.0657. The third-order valence-corrected chi connectivity index (χ3v) is 15.3. The normalized spacial score (nSPS) is 26.0. The molecule has 0 aromatic heterocycles. The molecule has 0 aliphatic heterocycles. The summed E-state index contributed by atoms with van der Waals surface area (Å²) in [4.78, 5) is 2.55. The van der Waals surface area contributed by atoms with E-state index in [1.54, 1.807) is 11.1 Å². The van der Waals surface area contributed by atoms with Crippen molar-refractivity contribution in [2.45, 2.75) is 88.9 Å². The third kappa shape index (κ3) is 4.90. The maximum absolute atomic E-state index is 2.55. The number of fused-ring (bicyclic) bond motifs is 4. The molecule has 6 aromatic rings. The number of hydrogen-bond donors (Lipinski definition) is 0. The van der Waals surface area contributed by atoms with Gasteiger partial charge < -0.3 is 4.90 Å². The molecule has 6 aliphatic rings. The quantitative estimate of drug-likeness (QED) is 0.172. The third-order valence-electron chi connectivity index (χ3n) is 15.3. The molecule has 4 fully saturated rings. The van der Waals surface area contributed by atoms with Crippen LogP contribution >= 0.6 is 0 Å². The summed E-state index contributed by atoms with van der Waals surface area (Å²) < 4.78 is 0. The molecule has 12 rings (SSSR count). The van der Waals surface area contributed by atoms with Gasteiger partial charge in [-0.15, -0.1) is 0 Å². The molecule has 0 amide bonds. The second kappa shape index (κ2) is 12.1. The van der Waals surface area contributed by atoms with Gasteiger partial charge in [0.15, 0.2) is 0 Å². The van der Waals surface area contributed by atoms with Crippen molar-refractivity contribution in [3.8, 4) is 33.4 Å². The first-order valence-corrected chi connectivity index (χ1v) is 21.2. The SMILES string of the molecule is CC1(C)CCC(C)(C)c2c(N(c3ccc(-c4ccccc4)cc3)c3ccc(-c4cccc5c4C4(c6ccccc6-5)C5CC6CC(C5)CC4C6)cc3)cccc21. The van der Waals surface area contributed by atoms with Crippen molar-refractivity contribution >= 4 is 17.1 Å². The van der Waals surface area contributed by atoms with E-state index >= 15 is 0 Å². The Morgan fingerprint density at radius 1 is 0.418 bits per heavy atom. The van der Waals surface area contributed by atoms with Crippen LogP contribution in [0.25, 0.3) is 33.4 Å². The molecule has 6 aliphatic carbocycles. The van der Waals surface area contributed by atoms with Crippen molar-refractivity contribution < 1.29 is 0 Å². The molecule has 55 heavy (non-hydrogen) atoms. The molecule has 6 aromatic carbocycles. The molecule has 0 radical (unpaired) electrons. The number of benzene rings is 6. The van der Waals surface area contributed by atoms with Gasteiger partial charge in [0.2, 0.25) is 0 Å². The summed E-state index contributed by atoms with van der Waals surface area (Å²) in [5.74, 6) is 3.36. The molecule has 4 bridgehead atoms. The largest absolute Gasteiger partial charge is 0.310 e. The van der Waals surface area contributed by atoms with E-state index in [1.165, 1.54) is 107 Å². The smallest absolute Gasteiger partial charge is 0.0502 e. The van der Waals surface area contributed by atoms with E-state index in [-0.39, 0.29) is 16.2 Å². The zero-order valence-corrected chi connectivity index (χ0v) is 33.0. The minimum Gasteiger partial charge on any atom is -0.310 e. The standard InChI is InChI=1S/C54H53N/c1-52(2)28-29-53(3,4)51-48(52)18-11-19-49(51)55(42-24-20-38(21-25-42)37-12-6-5-7-13-37)43-26-22-39(23-27-43)44-15-10-16-46-45-14-8-9-17-47(45)54(50(44)46)40-31-35-30-36(33-40)34-41(54)32-35/h5-27,35-36,40-41H,28-34H2,1-4H3. The average molecular weight is 716 g/mol. The van der Waals surface area contributed by atoms with Crippen molar-refractivity contribution in [2.75, 3.05) is 4.90 Å². The number of rotatable bonds is 5. The van der Waals surface area contributed by atoms with E-state index in [2.05, 4.69) is 172 Å². The predicted octanol–water partition coefficient (Wildman–Crippen LogP) is 14.6. The Hall–Kier alpha value is -4.88. The van der Waals surface area contributed by atoms with Crippen LogP contribution in [0.1, 0.15) is 94.9 Å². The highest BCUT2D eigenvalue weighted by atomic mass is 15.1. The summed E-state index contributed by atoms with van der Waals surface area (Å²) in [6.07, 6.45) is 9.47. The number of hydrogen-bond acceptors (Lipinski definition) is 1. The summed E-state index contributed by atoms with van der Waals surface area (Å²) in [5.41, 5.74) is 18.6. The second-order valence-corrected chi connectivity index (χ2v) is 19.2. The maximum Gasteiger partial charge on any atom is 0.0502 e. The van der Waals surface area contributed by atoms with Gasteiger partial charge in [0, 0.05) is 16.8 Å². The van der Waals surface area contributed by atoms with Crippen LogP contribution in [0, 0.1) is 23.7 Å². The summed E-state index contributed by atoms with van der Waals surface area (Å²) in [6.45, 7) is 9.79. The Morgan fingerprint density at radius 2 is 0.945 bits per heavy atom. The van der Waals surface area contributed by atoms with E-state index in [9.17, 15) is 0 Å². The van der Waals surface area contributed by atoms with Gasteiger partial charge in [-0.25, -0.2) is 0 Å². The van der Waals surface area contributed by atoms with Gasteiger partial charge in [0.1, 0.15) is 0 Å². The van der Waals surface area contributed by atoms with Crippen LogP contribution in [0.5, 0.6) is 0 Å². The molecule has 1 nitrogen and oxygen atoms in total. The van der Waals surface area contributed by atoms with Crippen LogP contribution < -0.4 is 4.90 Å². The lowest BCUT2D eigenvalue weighted by atomic mass is 9.42. The molecular formula is C54H53N. The van der Waals surface area contributed by atoms with Gasteiger partial charge in [0.05, 0.1) is 5.69 Å². The first kappa shape index (κ1) is 33.5. The summed E-state index contributed by atoms with van der Waals surface area (Å²) in [7, 11) is 0.